The molecule has 0 saturated carbocycles. The molecular formula is C56H95N9O12. The summed E-state index contributed by atoms with van der Waals surface area (Å²) in [5, 5.41) is 17.9. The first kappa shape index (κ1) is 69.5. The number of anilines is 1. The first-order chi connectivity index (χ1) is 37.1. The van der Waals surface area contributed by atoms with Gasteiger partial charge in [-0.2, -0.15) is 0 Å². The average Bonchev–Trinajstić information content (AvgIpc) is 3.39. The van der Waals surface area contributed by atoms with Crippen molar-refractivity contribution < 1.29 is 57.3 Å². The lowest BCUT2D eigenvalue weighted by Crippen LogP contribution is -2.41. The maximum Gasteiger partial charge on any atom is 0.306 e. The number of ketones is 3. The van der Waals surface area contributed by atoms with Crippen molar-refractivity contribution in [3.8, 4) is 0 Å². The van der Waals surface area contributed by atoms with Crippen LogP contribution in [0.25, 0.3) is 10.4 Å². The predicted molar refractivity (Wildman–Crippen MR) is 296 cm³/mol. The number of nitrogens with one attached hydrogen (secondary N) is 5. The summed E-state index contributed by atoms with van der Waals surface area (Å²) in [6, 6.07) is 2.75. The fourth-order valence-electron chi connectivity index (χ4n) is 7.83. The van der Waals surface area contributed by atoms with Crippen LogP contribution in [0.4, 0.5) is 5.82 Å². The first-order valence-corrected chi connectivity index (χ1v) is 28.4. The highest BCUT2D eigenvalue weighted by Crippen LogP contribution is 2.13. The summed E-state index contributed by atoms with van der Waals surface area (Å²) in [6.45, 7) is 9.89. The Morgan fingerprint density at radius 1 is 0.558 bits per heavy atom. The van der Waals surface area contributed by atoms with Gasteiger partial charge in [0.2, 0.25) is 17.7 Å². The van der Waals surface area contributed by atoms with Gasteiger partial charge in [-0.25, -0.2) is 4.98 Å². The van der Waals surface area contributed by atoms with Crippen LogP contribution < -0.4 is 26.6 Å². The maximum atomic E-state index is 13.4. The quantitative estimate of drug-likeness (QED) is 0.0134. The van der Waals surface area contributed by atoms with Gasteiger partial charge in [-0.15, -0.1) is 0 Å². The second-order valence-corrected chi connectivity index (χ2v) is 20.2. The van der Waals surface area contributed by atoms with Gasteiger partial charge in [0.15, 0.2) is 5.78 Å². The molecule has 21 nitrogen and oxygen atoms in total. The molecule has 21 heteroatoms. The van der Waals surface area contributed by atoms with Gasteiger partial charge in [0.25, 0.3) is 5.91 Å². The summed E-state index contributed by atoms with van der Waals surface area (Å²) in [5.41, 5.74) is 8.27. The summed E-state index contributed by atoms with van der Waals surface area (Å²) in [6.07, 6.45) is 17.1. The van der Waals surface area contributed by atoms with Gasteiger partial charge >= 0.3 is 5.97 Å². The van der Waals surface area contributed by atoms with Crippen molar-refractivity contribution >= 4 is 52.8 Å². The molecule has 0 bridgehead atoms. The number of carbonyl (C=O) groups is 8. The molecule has 5 N–H and O–H groups in total. The Kier molecular flexibility index (Phi) is 42.1. The third-order valence-corrected chi connectivity index (χ3v) is 12.1. The number of hydrogen-bond acceptors (Lipinski definition) is 15. The molecule has 0 radical (unpaired) electrons. The Morgan fingerprint density at radius 2 is 1.05 bits per heavy atom. The molecule has 1 rings (SSSR count). The number of nitrogens with zero attached hydrogens (tertiary/aromatic N) is 4. The zero-order chi connectivity index (χ0) is 56.6. The number of azide groups is 1. The van der Waals surface area contributed by atoms with Crippen LogP contribution in [-0.2, 0) is 52.5 Å². The molecule has 0 saturated heterocycles. The zero-order valence-electron chi connectivity index (χ0n) is 47.2. The smallest absolute Gasteiger partial charge is 0.306 e. The van der Waals surface area contributed by atoms with Crippen LogP contribution in [0.15, 0.2) is 23.4 Å². The van der Waals surface area contributed by atoms with Crippen LogP contribution in [0, 0.1) is 0 Å². The van der Waals surface area contributed by atoms with E-state index < -0.39 is 11.6 Å². The number of ether oxygens (including phenoxy) is 4. The number of pyridine rings is 1. The van der Waals surface area contributed by atoms with Crippen molar-refractivity contribution in [2.24, 2.45) is 5.11 Å². The molecule has 0 aliphatic rings. The molecule has 436 valence electrons. The molecule has 1 atom stereocenters. The lowest BCUT2D eigenvalue weighted by atomic mass is 10.0. The fraction of sp³-hybridized carbons (Fsp3) is 0.768. The Balaban J connectivity index is 2.32. The highest BCUT2D eigenvalue weighted by molar-refractivity contribution is 5.94. The minimum absolute atomic E-state index is 0.0201. The van der Waals surface area contributed by atoms with Crippen molar-refractivity contribution in [2.75, 3.05) is 78.2 Å². The van der Waals surface area contributed by atoms with Crippen LogP contribution in [-0.4, -0.2) is 136 Å². The molecule has 0 aliphatic carbocycles. The minimum Gasteiger partial charge on any atom is -0.460 e. The monoisotopic (exact) mass is 1090 g/mol. The third kappa shape index (κ3) is 43.2. The van der Waals surface area contributed by atoms with Crippen molar-refractivity contribution in [1.82, 2.24) is 26.3 Å². The molecule has 0 aromatic carbocycles. The zero-order valence-corrected chi connectivity index (χ0v) is 47.2. The predicted octanol–water partition coefficient (Wildman–Crippen LogP) is 8.51. The summed E-state index contributed by atoms with van der Waals surface area (Å²) in [4.78, 5) is 107. The highest BCUT2D eigenvalue weighted by atomic mass is 16.6. The van der Waals surface area contributed by atoms with E-state index in [1.807, 2.05) is 20.8 Å². The van der Waals surface area contributed by atoms with E-state index in [2.05, 4.69) is 41.6 Å². The lowest BCUT2D eigenvalue weighted by molar-refractivity contribution is -0.155. The Labute approximate surface area is 458 Å². The van der Waals surface area contributed by atoms with Gasteiger partial charge in [0.05, 0.1) is 38.0 Å². The van der Waals surface area contributed by atoms with Crippen molar-refractivity contribution in [2.45, 2.75) is 206 Å². The highest BCUT2D eigenvalue weighted by Gasteiger charge is 2.21. The molecule has 77 heavy (non-hydrogen) atoms. The Morgan fingerprint density at radius 3 is 1.62 bits per heavy atom. The molecular weight excluding hydrogens is 991 g/mol. The van der Waals surface area contributed by atoms with Gasteiger partial charge in [-0.3, -0.25) is 38.4 Å². The van der Waals surface area contributed by atoms with E-state index in [1.54, 1.807) is 19.2 Å². The van der Waals surface area contributed by atoms with Crippen LogP contribution in [0.3, 0.4) is 0 Å². The topological polar surface area (TPSA) is 295 Å². The van der Waals surface area contributed by atoms with Crippen molar-refractivity contribution in [3.05, 3.63) is 34.3 Å². The number of esters is 1. The molecule has 0 aliphatic heterocycles. The van der Waals surface area contributed by atoms with Crippen molar-refractivity contribution in [3.63, 3.8) is 0 Å². The molecule has 1 aromatic rings. The number of carbonyl (C=O) groups excluding carboxylic acids is 8. The number of rotatable bonds is 51. The number of unbranched alkanes of at least 4 members (excludes halogenated alkanes) is 10. The van der Waals surface area contributed by atoms with E-state index in [1.165, 1.54) is 6.20 Å². The van der Waals surface area contributed by atoms with Crippen LogP contribution in [0.2, 0.25) is 0 Å². The number of aromatic nitrogens is 1. The second kappa shape index (κ2) is 46.6. The van der Waals surface area contributed by atoms with E-state index in [4.69, 9.17) is 24.5 Å². The summed E-state index contributed by atoms with van der Waals surface area (Å²) in [5.74, 6) is -0.104. The first-order valence-electron chi connectivity index (χ1n) is 28.4. The van der Waals surface area contributed by atoms with E-state index in [0.717, 1.165) is 64.2 Å². The van der Waals surface area contributed by atoms with Gasteiger partial charge in [-0.05, 0) is 128 Å². The fourth-order valence-corrected chi connectivity index (χ4v) is 7.83. The largest absolute Gasteiger partial charge is 0.460 e. The lowest BCUT2D eigenvalue weighted by Gasteiger charge is -2.19. The second-order valence-electron chi connectivity index (χ2n) is 20.2. The Hall–Kier alpha value is -5.50. The average molecular weight is 1090 g/mol. The Bertz CT molecular complexity index is 1870. The summed E-state index contributed by atoms with van der Waals surface area (Å²) >= 11 is 0. The molecule has 0 spiro atoms. The van der Waals surface area contributed by atoms with Crippen LogP contribution in [0.1, 0.15) is 204 Å². The standard InChI is InChI=1S/C56H95N9O12/c1-56(2,3)77-54(72)29-12-8-16-34-60-52(70)32-33-53(71)64-48(49(68)27-15-20-39-75-41-43-76-42-40-74-38-19-14-24-47(67)25-21-37-63-65-57)26-13-18-35-59-51(69)28-11-6-5-9-22-46(66)23-10-7-17-36-61-55(73)45-30-31-50(58-4)62-44-45/h30-31,44,48H,5-29,32-43H2,1-4H3,(H,58,62)(H,59,69)(H,60,70)(H,61,73)(H,64,71)/t48-/m0/s1. The SMILES string of the molecule is CNc1ccc(C(=O)NCCCCCC(=O)CCCCCCC(=O)NCCCC[C@H](NC(=O)CCC(=O)NCCCCCC(=O)OC(C)(C)C)C(=O)CCCCOCCOCCOCCCCC(=O)CCCN=[N+]=[N-])cn1. The van der Waals surface area contributed by atoms with Gasteiger partial charge in [-0.1, -0.05) is 30.8 Å². The number of amides is 4. The van der Waals surface area contributed by atoms with E-state index in [0.29, 0.717) is 167 Å². The molecule has 0 fully saturated rings. The maximum absolute atomic E-state index is 13.4. The normalized spacial score (nSPS) is 11.5. The van der Waals surface area contributed by atoms with Crippen LogP contribution in [0.5, 0.6) is 0 Å². The number of Topliss-reactive ketones (excluding diaryl/α,β-unsaturated/α-hetero) is 3. The van der Waals surface area contributed by atoms with Gasteiger partial charge < -0.3 is 45.5 Å². The van der Waals surface area contributed by atoms with E-state index in [-0.39, 0.29) is 66.2 Å². The van der Waals surface area contributed by atoms with Gasteiger partial charge in [0.1, 0.15) is 23.0 Å². The van der Waals surface area contributed by atoms with E-state index in [9.17, 15) is 38.4 Å². The molecule has 4 amide bonds. The molecule has 1 aromatic heterocycles. The molecule has 1 heterocycles. The minimum atomic E-state index is -0.719. The van der Waals surface area contributed by atoms with Crippen LogP contribution >= 0.6 is 0 Å². The third-order valence-electron chi connectivity index (χ3n) is 12.1. The van der Waals surface area contributed by atoms with E-state index >= 15 is 0 Å². The number of hydrogen-bond donors (Lipinski definition) is 5. The van der Waals surface area contributed by atoms with Crippen molar-refractivity contribution in [1.29, 1.82) is 0 Å². The van der Waals surface area contributed by atoms with Gasteiger partial charge in [0, 0.05) is 115 Å². The molecule has 0 unspecified atom stereocenters. The summed E-state index contributed by atoms with van der Waals surface area (Å²) in [7, 11) is 1.77. The summed E-state index contributed by atoms with van der Waals surface area (Å²) < 4.78 is 22.1.